The number of benzene rings is 2. The third-order valence-corrected chi connectivity index (χ3v) is 4.90. The first-order valence-corrected chi connectivity index (χ1v) is 9.67. The van der Waals surface area contributed by atoms with Gasteiger partial charge in [0.05, 0.1) is 17.9 Å². The van der Waals surface area contributed by atoms with Crippen molar-refractivity contribution in [2.75, 3.05) is 11.9 Å². The van der Waals surface area contributed by atoms with Crippen LogP contribution in [0.4, 0.5) is 5.69 Å². The highest BCUT2D eigenvalue weighted by Gasteiger charge is 2.18. The van der Waals surface area contributed by atoms with E-state index in [1.165, 1.54) is 6.07 Å². The number of anilines is 1. The highest BCUT2D eigenvalue weighted by atomic mass is 16.5. The summed E-state index contributed by atoms with van der Waals surface area (Å²) in [5.41, 5.74) is 4.44. The highest BCUT2D eigenvalue weighted by molar-refractivity contribution is 6.06. The average molecular weight is 404 g/mol. The van der Waals surface area contributed by atoms with Crippen LogP contribution in [0.1, 0.15) is 44.5 Å². The standard InChI is InChI=1S/C24H24N2O4/c1-5-30-18-8-6-7-17(13-18)20-12-10-15(3)22(25-20)23(27)26-21-14(2)9-11-19(16(21)4)24(28)29/h6-13H,5H2,1-4H3,(H,26,27)(H,28,29). The smallest absolute Gasteiger partial charge is 0.336 e. The predicted molar refractivity (Wildman–Crippen MR) is 116 cm³/mol. The number of ether oxygens (including phenoxy) is 1. The average Bonchev–Trinajstić information content (AvgIpc) is 2.71. The number of hydrogen-bond acceptors (Lipinski definition) is 4. The Morgan fingerprint density at radius 2 is 1.77 bits per heavy atom. The number of aromatic nitrogens is 1. The van der Waals surface area contributed by atoms with Gasteiger partial charge in [-0.3, -0.25) is 4.79 Å². The van der Waals surface area contributed by atoms with Crippen LogP contribution in [-0.4, -0.2) is 28.6 Å². The molecule has 0 spiro atoms. The summed E-state index contributed by atoms with van der Waals surface area (Å²) < 4.78 is 5.55. The van der Waals surface area contributed by atoms with Crippen LogP contribution < -0.4 is 10.1 Å². The molecule has 0 fully saturated rings. The van der Waals surface area contributed by atoms with Gasteiger partial charge in [0.15, 0.2) is 0 Å². The van der Waals surface area contributed by atoms with E-state index in [9.17, 15) is 14.7 Å². The van der Waals surface area contributed by atoms with E-state index in [0.29, 0.717) is 23.6 Å². The number of carboxylic acid groups (broad SMARTS) is 1. The minimum atomic E-state index is -1.03. The second-order valence-electron chi connectivity index (χ2n) is 7.01. The molecular formula is C24H24N2O4. The lowest BCUT2D eigenvalue weighted by atomic mass is 10.0. The number of carbonyl (C=O) groups excluding carboxylic acids is 1. The molecule has 1 amide bonds. The molecule has 0 atom stereocenters. The van der Waals surface area contributed by atoms with Crippen molar-refractivity contribution in [1.29, 1.82) is 0 Å². The van der Waals surface area contributed by atoms with Crippen molar-refractivity contribution in [3.8, 4) is 17.0 Å². The Hall–Kier alpha value is -3.67. The fourth-order valence-electron chi connectivity index (χ4n) is 3.28. The molecule has 6 heteroatoms. The SMILES string of the molecule is CCOc1cccc(-c2ccc(C)c(C(=O)Nc3c(C)ccc(C(=O)O)c3C)n2)c1. The molecule has 2 aromatic carbocycles. The lowest BCUT2D eigenvalue weighted by molar-refractivity contribution is 0.0695. The number of nitrogens with zero attached hydrogens (tertiary/aromatic N) is 1. The van der Waals surface area contributed by atoms with Crippen LogP contribution in [0.15, 0.2) is 48.5 Å². The van der Waals surface area contributed by atoms with Gasteiger partial charge in [-0.2, -0.15) is 0 Å². The van der Waals surface area contributed by atoms with Crippen molar-refractivity contribution in [1.82, 2.24) is 4.98 Å². The van der Waals surface area contributed by atoms with Crippen LogP contribution in [0.2, 0.25) is 0 Å². The molecule has 0 saturated carbocycles. The van der Waals surface area contributed by atoms with Gasteiger partial charge in [0.2, 0.25) is 0 Å². The Balaban J connectivity index is 1.96. The van der Waals surface area contributed by atoms with E-state index in [1.54, 1.807) is 13.0 Å². The van der Waals surface area contributed by atoms with Gasteiger partial charge in [-0.05, 0) is 68.7 Å². The number of aromatic carboxylic acids is 1. The maximum Gasteiger partial charge on any atom is 0.336 e. The van der Waals surface area contributed by atoms with Gasteiger partial charge in [0, 0.05) is 11.3 Å². The summed E-state index contributed by atoms with van der Waals surface area (Å²) in [4.78, 5) is 29.0. The molecule has 6 nitrogen and oxygen atoms in total. The van der Waals surface area contributed by atoms with E-state index >= 15 is 0 Å². The fraction of sp³-hybridized carbons (Fsp3) is 0.208. The van der Waals surface area contributed by atoms with Crippen molar-refractivity contribution in [2.24, 2.45) is 0 Å². The molecule has 1 aromatic heterocycles. The molecule has 0 aliphatic rings. The Kier molecular flexibility index (Phi) is 6.16. The monoisotopic (exact) mass is 404 g/mol. The zero-order valence-corrected chi connectivity index (χ0v) is 17.4. The number of carboxylic acids is 1. The third-order valence-electron chi connectivity index (χ3n) is 4.90. The zero-order valence-electron chi connectivity index (χ0n) is 17.4. The number of hydrogen-bond donors (Lipinski definition) is 2. The lowest BCUT2D eigenvalue weighted by Gasteiger charge is -2.15. The van der Waals surface area contributed by atoms with E-state index < -0.39 is 5.97 Å². The van der Waals surface area contributed by atoms with Crippen molar-refractivity contribution in [3.05, 3.63) is 76.5 Å². The Morgan fingerprint density at radius 3 is 2.47 bits per heavy atom. The number of carbonyl (C=O) groups is 2. The van der Waals surface area contributed by atoms with Crippen molar-refractivity contribution in [3.63, 3.8) is 0 Å². The van der Waals surface area contributed by atoms with Crippen LogP contribution >= 0.6 is 0 Å². The Bertz CT molecular complexity index is 1120. The quantitative estimate of drug-likeness (QED) is 0.602. The summed E-state index contributed by atoms with van der Waals surface area (Å²) in [6.07, 6.45) is 0. The van der Waals surface area contributed by atoms with E-state index in [2.05, 4.69) is 10.3 Å². The third kappa shape index (κ3) is 4.33. The lowest BCUT2D eigenvalue weighted by Crippen LogP contribution is -2.18. The Labute approximate surface area is 175 Å². The second kappa shape index (κ2) is 8.78. The Morgan fingerprint density at radius 1 is 1.03 bits per heavy atom. The minimum Gasteiger partial charge on any atom is -0.494 e. The molecule has 0 saturated heterocycles. The molecule has 30 heavy (non-hydrogen) atoms. The molecule has 0 aliphatic heterocycles. The predicted octanol–water partition coefficient (Wildman–Crippen LogP) is 5.02. The molecule has 2 N–H and O–H groups in total. The van der Waals surface area contributed by atoms with Gasteiger partial charge < -0.3 is 15.2 Å². The van der Waals surface area contributed by atoms with Gasteiger partial charge >= 0.3 is 5.97 Å². The topological polar surface area (TPSA) is 88.5 Å². The normalized spacial score (nSPS) is 10.5. The number of amides is 1. The van der Waals surface area contributed by atoms with Crippen molar-refractivity contribution >= 4 is 17.6 Å². The van der Waals surface area contributed by atoms with Gasteiger partial charge in [0.1, 0.15) is 11.4 Å². The van der Waals surface area contributed by atoms with Crippen LogP contribution in [0.3, 0.4) is 0 Å². The molecule has 3 aromatic rings. The number of rotatable bonds is 6. The zero-order chi connectivity index (χ0) is 21.8. The maximum atomic E-state index is 13.0. The molecule has 154 valence electrons. The van der Waals surface area contributed by atoms with E-state index in [-0.39, 0.29) is 17.2 Å². The molecular weight excluding hydrogens is 380 g/mol. The summed E-state index contributed by atoms with van der Waals surface area (Å²) >= 11 is 0. The largest absolute Gasteiger partial charge is 0.494 e. The van der Waals surface area contributed by atoms with Crippen molar-refractivity contribution < 1.29 is 19.4 Å². The molecule has 0 aliphatic carbocycles. The summed E-state index contributed by atoms with van der Waals surface area (Å²) in [7, 11) is 0. The highest BCUT2D eigenvalue weighted by Crippen LogP contribution is 2.26. The minimum absolute atomic E-state index is 0.155. The van der Waals surface area contributed by atoms with Crippen LogP contribution in [-0.2, 0) is 0 Å². The van der Waals surface area contributed by atoms with Crippen LogP contribution in [0, 0.1) is 20.8 Å². The number of pyridine rings is 1. The summed E-state index contributed by atoms with van der Waals surface area (Å²) in [6.45, 7) is 7.80. The van der Waals surface area contributed by atoms with Gasteiger partial charge in [0.25, 0.3) is 5.91 Å². The van der Waals surface area contributed by atoms with Crippen LogP contribution in [0.5, 0.6) is 5.75 Å². The van der Waals surface area contributed by atoms with Gasteiger partial charge in [-0.15, -0.1) is 0 Å². The fourth-order valence-corrected chi connectivity index (χ4v) is 3.28. The van der Waals surface area contributed by atoms with Gasteiger partial charge in [-0.1, -0.05) is 24.3 Å². The van der Waals surface area contributed by atoms with E-state index in [4.69, 9.17) is 4.74 Å². The summed E-state index contributed by atoms with van der Waals surface area (Å²) in [5, 5.41) is 12.2. The molecule has 0 bridgehead atoms. The van der Waals surface area contributed by atoms with Crippen molar-refractivity contribution in [2.45, 2.75) is 27.7 Å². The van der Waals surface area contributed by atoms with Crippen LogP contribution in [0.25, 0.3) is 11.3 Å². The number of nitrogens with one attached hydrogen (secondary N) is 1. The van der Waals surface area contributed by atoms with E-state index in [1.807, 2.05) is 57.2 Å². The van der Waals surface area contributed by atoms with E-state index in [0.717, 1.165) is 22.4 Å². The molecule has 1 heterocycles. The first-order chi connectivity index (χ1) is 14.3. The number of aryl methyl sites for hydroxylation is 2. The summed E-state index contributed by atoms with van der Waals surface area (Å²) in [6, 6.07) is 14.5. The molecule has 0 radical (unpaired) electrons. The summed E-state index contributed by atoms with van der Waals surface area (Å²) in [5.74, 6) is -0.683. The molecule has 3 rings (SSSR count). The first kappa shape index (κ1) is 21.0. The van der Waals surface area contributed by atoms with Gasteiger partial charge in [-0.25, -0.2) is 9.78 Å². The maximum absolute atomic E-state index is 13.0. The first-order valence-electron chi connectivity index (χ1n) is 9.67. The second-order valence-corrected chi connectivity index (χ2v) is 7.01. The molecule has 0 unspecified atom stereocenters.